The third kappa shape index (κ3) is 6.32. The Balaban J connectivity index is 1.52. The van der Waals surface area contributed by atoms with E-state index in [2.05, 4.69) is 5.87 Å². The molecule has 0 saturated heterocycles. The van der Waals surface area contributed by atoms with E-state index in [-0.39, 0.29) is 18.2 Å². The first-order valence-electron chi connectivity index (χ1n) is 11.3. The second-order valence-electron chi connectivity index (χ2n) is 9.46. The summed E-state index contributed by atoms with van der Waals surface area (Å²) in [6.45, 7) is 0. The topological polar surface area (TPSA) is 101 Å². The van der Waals surface area contributed by atoms with Crippen LogP contribution in [0.2, 0.25) is 0 Å². The zero-order valence-corrected chi connectivity index (χ0v) is 19.3. The van der Waals surface area contributed by atoms with Crippen LogP contribution in [0, 0.1) is 11.8 Å². The predicted molar refractivity (Wildman–Crippen MR) is 125 cm³/mol. The average Bonchev–Trinajstić information content (AvgIpc) is 2.66. The van der Waals surface area contributed by atoms with Gasteiger partial charge in [-0.2, -0.15) is 0 Å². The molecule has 0 spiro atoms. The molecule has 0 heterocycles. The lowest BCUT2D eigenvalue weighted by Crippen LogP contribution is -2.52. The molecule has 31 heavy (non-hydrogen) atoms. The molecule has 0 aromatic heterocycles. The van der Waals surface area contributed by atoms with E-state index >= 15 is 0 Å². The van der Waals surface area contributed by atoms with Crippen LogP contribution in [-0.4, -0.2) is 56.8 Å². The van der Waals surface area contributed by atoms with Crippen LogP contribution in [0.25, 0.3) is 0 Å². The van der Waals surface area contributed by atoms with Crippen LogP contribution in [0.3, 0.4) is 0 Å². The third-order valence-electron chi connectivity index (χ3n) is 7.07. The van der Waals surface area contributed by atoms with Crippen LogP contribution < -0.4 is 5.73 Å². The smallest absolute Gasteiger partial charge is 0.307 e. The Labute approximate surface area is 186 Å². The molecule has 7 heteroatoms. The molecule has 172 valence electrons. The maximum absolute atomic E-state index is 13.2. The maximum Gasteiger partial charge on any atom is 0.307 e. The van der Waals surface area contributed by atoms with Gasteiger partial charge < -0.3 is 15.7 Å². The van der Waals surface area contributed by atoms with Gasteiger partial charge in [-0.05, 0) is 83.3 Å². The second-order valence-corrected chi connectivity index (χ2v) is 12.0. The number of hydrogen-bond donors (Lipinski definition) is 2. The van der Waals surface area contributed by atoms with Gasteiger partial charge in [0.2, 0.25) is 5.91 Å². The van der Waals surface area contributed by atoms with Gasteiger partial charge in [0.1, 0.15) is 0 Å². The first-order chi connectivity index (χ1) is 14.7. The molecule has 1 unspecified atom stereocenters. The van der Waals surface area contributed by atoms with E-state index in [1.54, 1.807) is 12.1 Å². The summed E-state index contributed by atoms with van der Waals surface area (Å²) in [4.78, 5) is 25.7. The largest absolute Gasteiger partial charge is 0.481 e. The number of hydrogen-bond acceptors (Lipinski definition) is 4. The number of aliphatic carboxylic acids is 1. The van der Waals surface area contributed by atoms with Crippen molar-refractivity contribution in [2.45, 2.75) is 69.2 Å². The lowest BCUT2D eigenvalue weighted by molar-refractivity contribution is -0.137. The molecule has 2 aliphatic rings. The highest BCUT2D eigenvalue weighted by Crippen LogP contribution is 2.33. The zero-order chi connectivity index (χ0) is 22.6. The van der Waals surface area contributed by atoms with Crippen LogP contribution in [-0.2, 0) is 31.3 Å². The Morgan fingerprint density at radius 2 is 1.77 bits per heavy atom. The standard InChI is InChI=1S/C24H36N2O4S/c1-26(21-8-5-9-21)24(29)23(25)18-12-10-17(11-13-18)15-31(2,30)16-20-7-4-3-6-19(20)14-22(27)28/h3-4,6-7,17-18,21,23H,2,5,8-16,25H2,1H3,(H,27,28)/t17?,18?,23-,31?/m0/s1. The molecule has 1 aromatic carbocycles. The Bertz CT molecular complexity index is 887. The van der Waals surface area contributed by atoms with Crippen molar-refractivity contribution in [3.8, 4) is 0 Å². The number of likely N-dealkylation sites (N-methyl/N-ethyl adjacent to an activating group) is 1. The number of rotatable bonds is 9. The van der Waals surface area contributed by atoms with Gasteiger partial charge in [0, 0.05) is 24.6 Å². The Morgan fingerprint density at radius 1 is 1.16 bits per heavy atom. The van der Waals surface area contributed by atoms with Crippen molar-refractivity contribution in [3.63, 3.8) is 0 Å². The molecule has 1 amide bonds. The number of benzene rings is 1. The Kier molecular flexibility index (Phi) is 7.81. The first kappa shape index (κ1) is 23.8. The van der Waals surface area contributed by atoms with Gasteiger partial charge in [-0.15, -0.1) is 0 Å². The van der Waals surface area contributed by atoms with Crippen LogP contribution in [0.1, 0.15) is 56.1 Å². The molecule has 2 aliphatic carbocycles. The quantitative estimate of drug-likeness (QED) is 0.566. The van der Waals surface area contributed by atoms with Gasteiger partial charge in [0.25, 0.3) is 0 Å². The molecule has 0 radical (unpaired) electrons. The SMILES string of the molecule is C=S(=O)(Cc1ccccc1CC(=O)O)CC1CCC([C@H](N)C(=O)N(C)C2CCC2)CC1. The van der Waals surface area contributed by atoms with Crippen LogP contribution in [0.15, 0.2) is 24.3 Å². The number of carboxylic acids is 1. The Hall–Kier alpha value is -1.86. The summed E-state index contributed by atoms with van der Waals surface area (Å²) in [5, 5.41) is 9.12. The van der Waals surface area contributed by atoms with Crippen LogP contribution in [0.5, 0.6) is 0 Å². The van der Waals surface area contributed by atoms with Crippen molar-refractivity contribution >= 4 is 27.3 Å². The van der Waals surface area contributed by atoms with Gasteiger partial charge >= 0.3 is 5.97 Å². The minimum absolute atomic E-state index is 0.0594. The van der Waals surface area contributed by atoms with E-state index in [9.17, 15) is 13.8 Å². The van der Waals surface area contributed by atoms with Gasteiger partial charge in [0.15, 0.2) is 0 Å². The third-order valence-corrected chi connectivity index (χ3v) is 8.99. The van der Waals surface area contributed by atoms with E-state index < -0.39 is 21.5 Å². The number of carbonyl (C=O) groups excluding carboxylic acids is 1. The van der Waals surface area contributed by atoms with Gasteiger partial charge in [-0.3, -0.25) is 13.8 Å². The lowest BCUT2D eigenvalue weighted by atomic mass is 9.78. The van der Waals surface area contributed by atoms with Crippen LogP contribution >= 0.6 is 0 Å². The number of nitrogens with zero attached hydrogens (tertiary/aromatic N) is 1. The molecule has 1 aromatic rings. The van der Waals surface area contributed by atoms with E-state index in [0.29, 0.717) is 29.0 Å². The minimum atomic E-state index is -2.37. The summed E-state index contributed by atoms with van der Waals surface area (Å²) < 4.78 is 13.2. The normalized spacial score (nSPS) is 24.6. The highest BCUT2D eigenvalue weighted by atomic mass is 32.2. The summed E-state index contributed by atoms with van der Waals surface area (Å²) in [7, 11) is -0.494. The molecule has 2 fully saturated rings. The number of carboxylic acid groups (broad SMARTS) is 1. The highest BCUT2D eigenvalue weighted by Gasteiger charge is 2.34. The first-order valence-corrected chi connectivity index (χ1v) is 13.4. The summed E-state index contributed by atoms with van der Waals surface area (Å²) in [6.07, 6.45) is 6.84. The van der Waals surface area contributed by atoms with Crippen molar-refractivity contribution in [1.82, 2.24) is 4.90 Å². The molecule has 3 rings (SSSR count). The summed E-state index contributed by atoms with van der Waals surface area (Å²) >= 11 is 0. The van der Waals surface area contributed by atoms with Crippen molar-refractivity contribution in [3.05, 3.63) is 35.4 Å². The van der Waals surface area contributed by atoms with Crippen molar-refractivity contribution in [1.29, 1.82) is 0 Å². The molecule has 6 nitrogen and oxygen atoms in total. The fourth-order valence-corrected chi connectivity index (χ4v) is 7.07. The van der Waals surface area contributed by atoms with Gasteiger partial charge in [-0.25, -0.2) is 0 Å². The average molecular weight is 449 g/mol. The number of amides is 1. The van der Waals surface area contributed by atoms with Crippen molar-refractivity contribution in [2.75, 3.05) is 12.8 Å². The molecular formula is C24H36N2O4S. The number of carbonyl (C=O) groups is 2. The molecule has 0 aliphatic heterocycles. The van der Waals surface area contributed by atoms with Gasteiger partial charge in [0.05, 0.1) is 12.5 Å². The summed E-state index contributed by atoms with van der Waals surface area (Å²) in [5.41, 5.74) is 7.85. The molecule has 2 saturated carbocycles. The summed E-state index contributed by atoms with van der Waals surface area (Å²) in [6, 6.07) is 7.20. The fourth-order valence-electron chi connectivity index (χ4n) is 4.91. The van der Waals surface area contributed by atoms with E-state index in [1.807, 2.05) is 24.1 Å². The molecule has 0 bridgehead atoms. The van der Waals surface area contributed by atoms with Crippen molar-refractivity contribution in [2.24, 2.45) is 17.6 Å². The molecule has 3 N–H and O–H groups in total. The predicted octanol–water partition coefficient (Wildman–Crippen LogP) is 2.67. The van der Waals surface area contributed by atoms with Crippen LogP contribution in [0.4, 0.5) is 0 Å². The Morgan fingerprint density at radius 3 is 2.32 bits per heavy atom. The second kappa shape index (κ2) is 10.2. The fraction of sp³-hybridized carbons (Fsp3) is 0.625. The zero-order valence-electron chi connectivity index (χ0n) is 18.5. The van der Waals surface area contributed by atoms with Gasteiger partial charge in [-0.1, -0.05) is 24.3 Å². The number of nitrogens with two attached hydrogens (primary N) is 1. The lowest BCUT2D eigenvalue weighted by Gasteiger charge is -2.39. The minimum Gasteiger partial charge on any atom is -0.481 e. The van der Waals surface area contributed by atoms with E-state index in [0.717, 1.165) is 44.1 Å². The highest BCUT2D eigenvalue weighted by molar-refractivity contribution is 7.99. The van der Waals surface area contributed by atoms with E-state index in [4.69, 9.17) is 10.8 Å². The van der Waals surface area contributed by atoms with Crippen molar-refractivity contribution < 1.29 is 18.9 Å². The molecular weight excluding hydrogens is 412 g/mol. The summed E-state index contributed by atoms with van der Waals surface area (Å²) in [5.74, 6) is 4.51. The monoisotopic (exact) mass is 448 g/mol. The molecule has 2 atom stereocenters. The maximum atomic E-state index is 13.2. The van der Waals surface area contributed by atoms with E-state index in [1.165, 1.54) is 6.42 Å².